The van der Waals surface area contributed by atoms with Crippen LogP contribution in [-0.2, 0) is 4.74 Å². The second kappa shape index (κ2) is 5.43. The minimum absolute atomic E-state index is 0.0404. The van der Waals surface area contributed by atoms with Crippen LogP contribution in [-0.4, -0.2) is 35.1 Å². The van der Waals surface area contributed by atoms with Crippen molar-refractivity contribution in [3.05, 3.63) is 22.6 Å². The lowest BCUT2D eigenvalue weighted by molar-refractivity contribution is -0.0727. The van der Waals surface area contributed by atoms with Gasteiger partial charge in [-0.3, -0.25) is 0 Å². The van der Waals surface area contributed by atoms with Crippen molar-refractivity contribution < 1.29 is 9.13 Å². The standard InChI is InChI=1S/C12H15Br2FN2O/c1-12(2)7-17(6-9(4-13)18-12)11-10(15)3-8(14)5-16-11/h3,5,9H,4,6-7H2,1-2H3. The lowest BCUT2D eigenvalue weighted by Gasteiger charge is -2.43. The lowest BCUT2D eigenvalue weighted by atomic mass is 10.1. The summed E-state index contributed by atoms with van der Waals surface area (Å²) >= 11 is 6.63. The third-order valence-electron chi connectivity index (χ3n) is 2.74. The summed E-state index contributed by atoms with van der Waals surface area (Å²) < 4.78 is 20.5. The SMILES string of the molecule is CC1(C)CN(c2ncc(Br)cc2F)CC(CBr)O1. The van der Waals surface area contributed by atoms with Crippen molar-refractivity contribution in [2.45, 2.75) is 25.6 Å². The Kier molecular flexibility index (Phi) is 4.29. The van der Waals surface area contributed by atoms with Gasteiger partial charge in [-0.1, -0.05) is 15.9 Å². The van der Waals surface area contributed by atoms with Crippen LogP contribution < -0.4 is 4.90 Å². The summed E-state index contributed by atoms with van der Waals surface area (Å²) in [6, 6.07) is 1.44. The average molecular weight is 382 g/mol. The Morgan fingerprint density at radius 1 is 1.61 bits per heavy atom. The zero-order chi connectivity index (χ0) is 13.3. The van der Waals surface area contributed by atoms with Crippen LogP contribution in [0.3, 0.4) is 0 Å². The van der Waals surface area contributed by atoms with E-state index in [1.807, 2.05) is 18.7 Å². The van der Waals surface area contributed by atoms with E-state index < -0.39 is 0 Å². The molecule has 0 saturated carbocycles. The molecule has 1 saturated heterocycles. The molecule has 1 atom stereocenters. The summed E-state index contributed by atoms with van der Waals surface area (Å²) in [6.45, 7) is 5.28. The monoisotopic (exact) mass is 380 g/mol. The Morgan fingerprint density at radius 3 is 2.94 bits per heavy atom. The van der Waals surface area contributed by atoms with Crippen molar-refractivity contribution >= 4 is 37.7 Å². The van der Waals surface area contributed by atoms with Crippen LogP contribution in [0.5, 0.6) is 0 Å². The van der Waals surface area contributed by atoms with E-state index in [4.69, 9.17) is 4.74 Å². The molecule has 1 aliphatic rings. The van der Waals surface area contributed by atoms with Gasteiger partial charge in [0.25, 0.3) is 0 Å². The normalized spacial score (nSPS) is 23.2. The molecule has 1 aromatic rings. The molecule has 0 aliphatic carbocycles. The molecule has 1 aliphatic heterocycles. The first kappa shape index (κ1) is 14.2. The maximum Gasteiger partial charge on any atom is 0.166 e. The summed E-state index contributed by atoms with van der Waals surface area (Å²) in [5.41, 5.74) is -0.308. The van der Waals surface area contributed by atoms with Crippen LogP contribution in [0.15, 0.2) is 16.7 Å². The van der Waals surface area contributed by atoms with Crippen molar-refractivity contribution in [3.63, 3.8) is 0 Å². The first-order valence-corrected chi connectivity index (χ1v) is 7.62. The first-order chi connectivity index (χ1) is 8.41. The molecule has 0 radical (unpaired) electrons. The summed E-state index contributed by atoms with van der Waals surface area (Å²) in [7, 11) is 0. The third-order valence-corrected chi connectivity index (χ3v) is 3.90. The van der Waals surface area contributed by atoms with E-state index in [9.17, 15) is 4.39 Å². The molecule has 1 unspecified atom stereocenters. The molecule has 6 heteroatoms. The predicted octanol–water partition coefficient (Wildman–Crippen LogP) is 3.36. The van der Waals surface area contributed by atoms with Crippen molar-refractivity contribution in [1.29, 1.82) is 0 Å². The van der Waals surface area contributed by atoms with Crippen LogP contribution in [0.25, 0.3) is 0 Å². The summed E-state index contributed by atoms with van der Waals surface area (Å²) in [4.78, 5) is 6.11. The number of hydrogen-bond acceptors (Lipinski definition) is 3. The number of ether oxygens (including phenoxy) is 1. The minimum Gasteiger partial charge on any atom is -0.368 e. The number of nitrogens with zero attached hydrogens (tertiary/aromatic N) is 2. The zero-order valence-electron chi connectivity index (χ0n) is 10.3. The fourth-order valence-electron chi connectivity index (χ4n) is 2.18. The number of alkyl halides is 1. The van der Waals surface area contributed by atoms with Gasteiger partial charge < -0.3 is 9.64 Å². The fourth-order valence-corrected chi connectivity index (χ4v) is 2.82. The van der Waals surface area contributed by atoms with Crippen molar-refractivity contribution in [2.24, 2.45) is 0 Å². The van der Waals surface area contributed by atoms with Crippen molar-refractivity contribution in [2.75, 3.05) is 23.3 Å². The molecule has 100 valence electrons. The van der Waals surface area contributed by atoms with Crippen LogP contribution in [0.2, 0.25) is 0 Å². The van der Waals surface area contributed by atoms with Gasteiger partial charge in [-0.15, -0.1) is 0 Å². The van der Waals surface area contributed by atoms with E-state index in [1.54, 1.807) is 6.20 Å². The zero-order valence-corrected chi connectivity index (χ0v) is 13.5. The third kappa shape index (κ3) is 3.22. The smallest absolute Gasteiger partial charge is 0.166 e. The van der Waals surface area contributed by atoms with Crippen LogP contribution >= 0.6 is 31.9 Å². The highest BCUT2D eigenvalue weighted by Crippen LogP contribution is 2.28. The van der Waals surface area contributed by atoms with E-state index in [0.29, 0.717) is 23.4 Å². The maximum absolute atomic E-state index is 13.9. The first-order valence-electron chi connectivity index (χ1n) is 5.71. The number of halogens is 3. The quantitative estimate of drug-likeness (QED) is 0.734. The highest BCUT2D eigenvalue weighted by atomic mass is 79.9. The van der Waals surface area contributed by atoms with E-state index in [1.165, 1.54) is 6.07 Å². The van der Waals surface area contributed by atoms with Gasteiger partial charge in [-0.05, 0) is 35.8 Å². The van der Waals surface area contributed by atoms with Gasteiger partial charge in [-0.2, -0.15) is 0 Å². The van der Waals surface area contributed by atoms with Gasteiger partial charge in [0.15, 0.2) is 11.6 Å². The Balaban J connectivity index is 2.26. The molecule has 18 heavy (non-hydrogen) atoms. The molecule has 2 rings (SSSR count). The van der Waals surface area contributed by atoms with E-state index >= 15 is 0 Å². The van der Waals surface area contributed by atoms with E-state index in [-0.39, 0.29) is 17.5 Å². The molecule has 3 nitrogen and oxygen atoms in total. The number of aromatic nitrogens is 1. The lowest BCUT2D eigenvalue weighted by Crippen LogP contribution is -2.53. The van der Waals surface area contributed by atoms with E-state index in [2.05, 4.69) is 36.8 Å². The topological polar surface area (TPSA) is 25.4 Å². The molecular weight excluding hydrogens is 367 g/mol. The largest absolute Gasteiger partial charge is 0.368 e. The summed E-state index contributed by atoms with van der Waals surface area (Å²) in [6.07, 6.45) is 1.66. The minimum atomic E-state index is -0.310. The number of pyridine rings is 1. The Labute approximate surface area is 123 Å². The molecule has 0 N–H and O–H groups in total. The Bertz CT molecular complexity index is 442. The number of morpholine rings is 1. The molecular formula is C12H15Br2FN2O. The average Bonchev–Trinajstić information content (AvgIpc) is 2.26. The summed E-state index contributed by atoms with van der Waals surface area (Å²) in [5, 5.41) is 0.727. The van der Waals surface area contributed by atoms with Crippen LogP contribution in [0.4, 0.5) is 10.2 Å². The van der Waals surface area contributed by atoms with Gasteiger partial charge in [0.1, 0.15) is 0 Å². The van der Waals surface area contributed by atoms with Gasteiger partial charge >= 0.3 is 0 Å². The molecule has 1 fully saturated rings. The van der Waals surface area contributed by atoms with Crippen molar-refractivity contribution in [1.82, 2.24) is 4.98 Å². The number of hydrogen-bond donors (Lipinski definition) is 0. The second-order valence-electron chi connectivity index (χ2n) is 4.99. The molecule has 0 bridgehead atoms. The van der Waals surface area contributed by atoms with Crippen LogP contribution in [0.1, 0.15) is 13.8 Å². The van der Waals surface area contributed by atoms with Gasteiger partial charge in [-0.25, -0.2) is 9.37 Å². The molecule has 2 heterocycles. The molecule has 1 aromatic heterocycles. The Hall–Kier alpha value is -0.200. The molecule has 0 amide bonds. The highest BCUT2D eigenvalue weighted by molar-refractivity contribution is 9.10. The summed E-state index contributed by atoms with van der Waals surface area (Å²) in [5.74, 6) is 0.0796. The van der Waals surface area contributed by atoms with Gasteiger partial charge in [0.05, 0.1) is 11.7 Å². The highest BCUT2D eigenvalue weighted by Gasteiger charge is 2.34. The fraction of sp³-hybridized carbons (Fsp3) is 0.583. The maximum atomic E-state index is 13.9. The van der Waals surface area contributed by atoms with E-state index in [0.717, 1.165) is 5.33 Å². The molecule has 0 spiro atoms. The number of anilines is 1. The number of rotatable bonds is 2. The van der Waals surface area contributed by atoms with Crippen molar-refractivity contribution in [3.8, 4) is 0 Å². The van der Waals surface area contributed by atoms with Gasteiger partial charge in [0, 0.05) is 29.1 Å². The predicted molar refractivity (Wildman–Crippen MR) is 76.9 cm³/mol. The van der Waals surface area contributed by atoms with Crippen LogP contribution in [0, 0.1) is 5.82 Å². The molecule has 0 aromatic carbocycles. The van der Waals surface area contributed by atoms with Gasteiger partial charge in [0.2, 0.25) is 0 Å². The second-order valence-corrected chi connectivity index (χ2v) is 6.56. The Morgan fingerprint density at radius 2 is 2.33 bits per heavy atom.